The molecule has 7 amide bonds. The molecule has 119 heavy (non-hydrogen) atoms. The number of carboxylic acid groups (broad SMARTS) is 2. The number of esters is 3. The van der Waals surface area contributed by atoms with Crippen molar-refractivity contribution in [3.05, 3.63) is 0 Å². The summed E-state index contributed by atoms with van der Waals surface area (Å²) in [5.74, 6) is 3.45. The summed E-state index contributed by atoms with van der Waals surface area (Å²) in [4.78, 5) is 152. The van der Waals surface area contributed by atoms with Crippen LogP contribution in [0.3, 0.4) is 0 Å². The number of ether oxygens (including phenoxy) is 9. The lowest BCUT2D eigenvalue weighted by Crippen LogP contribution is -2.49. The van der Waals surface area contributed by atoms with Crippen molar-refractivity contribution in [3.63, 3.8) is 0 Å². The Bertz CT molecular complexity index is 3020. The summed E-state index contributed by atoms with van der Waals surface area (Å²) < 4.78 is 46.0. The van der Waals surface area contributed by atoms with Crippen LogP contribution in [0.1, 0.15) is 299 Å². The lowest BCUT2D eigenvalue weighted by atomic mass is 9.97. The zero-order chi connectivity index (χ0) is 94.2. The number of carboxylic acids is 2. The second-order valence-corrected chi connectivity index (χ2v) is 37.8. The first-order chi connectivity index (χ1) is 53.8. The van der Waals surface area contributed by atoms with Crippen LogP contribution < -0.4 is 37.6 Å². The number of nitrogens with one attached hydrogen (secondary N) is 6. The Labute approximate surface area is 710 Å². The fourth-order valence-electron chi connectivity index (χ4n) is 10.2. The van der Waals surface area contributed by atoms with E-state index < -0.39 is 124 Å². The van der Waals surface area contributed by atoms with Crippen molar-refractivity contribution >= 4 is 78.6 Å². The number of aliphatic hydroxyl groups excluding tert-OH is 1. The van der Waals surface area contributed by atoms with E-state index in [4.69, 9.17) is 58.7 Å². The number of aliphatic hydroxyl groups is 1. The largest absolute Gasteiger partial charge is 0.480 e. The molecule has 0 spiro atoms. The van der Waals surface area contributed by atoms with Gasteiger partial charge in [0, 0.05) is 25.8 Å². The molecule has 2 fully saturated rings. The van der Waals surface area contributed by atoms with Crippen LogP contribution in [-0.2, 0) is 81.0 Å². The standard InChI is InChI=1S/C16H27NO5.2C14H25NO4.C13H26N2O4.C11H21NO4.C11H21NO3.C6H13NO2/c1-7-21-14(19)9-8-13(18)12(10-11(2)3)17-15(20)22-16(4,5)6;2*1-9(2)8-10(11-6-7-12(16)18-11)15-13(17)19-14(3,4)5;1-9(2)8-10(11(16)15(6)18-7)14-12(17)19-13(3,4)5;1-7(2)6-8(9(13)14)12-10(15)16-11(3,4)5;1-8(2)6-9(7-13)12-10(14)15-11(3,4)5;1-4(2)3-5(7)6(8)9/h11-13,18H,7,10H2,1-6H3,(H,17,20);2*9-11H,6-8H2,1-5H3,(H,15,17);9-10H,8H2,1-7H3,(H,14,17);7-8H,6H2,1-5H3,(H,12,15)(H,13,14);7-9H,6H2,1-5H3,(H,12,14);4-5H,3,7H2,1-2H3,(H,8,9)/t12-,13?;10-,11+;10-,11-;10-;8-;9-;5-/m0000000/s1. The number of carbonyl (C=O) groups excluding carboxylic acids is 11. The third kappa shape index (κ3) is 73.2. The molecule has 0 saturated carbocycles. The fraction of sp³-hybridized carbons (Fsp3) is 0.824. The summed E-state index contributed by atoms with van der Waals surface area (Å²) >= 11 is 0. The average molecular weight is 1710 g/mol. The summed E-state index contributed by atoms with van der Waals surface area (Å²) in [6.45, 7) is 61.7. The molecule has 1 unspecified atom stereocenters. The molecular weight excluding hydrogens is 1550 g/mol. The number of carbonyl (C=O) groups is 13. The van der Waals surface area contributed by atoms with Gasteiger partial charge in [0.05, 0.1) is 37.9 Å². The first-order valence-corrected chi connectivity index (χ1v) is 41.1. The number of aliphatic carboxylic acids is 2. The number of amides is 7. The molecule has 34 nitrogen and oxygen atoms in total. The number of hydrogen-bond acceptors (Lipinski definition) is 25. The Hall–Kier alpha value is -8.45. The molecular formula is C85H158N8O26. The number of cyclic esters (lactones) is 2. The van der Waals surface area contributed by atoms with Crippen molar-refractivity contribution in [1.29, 1.82) is 0 Å². The number of nitrogens with two attached hydrogens (primary N) is 1. The average Bonchev–Trinajstić information content (AvgIpc) is 1.80. The molecule has 2 rings (SSSR count). The van der Waals surface area contributed by atoms with Gasteiger partial charge in [0.25, 0.3) is 5.91 Å². The Kier molecular flexibility index (Phi) is 58.5. The highest BCUT2D eigenvalue weighted by Crippen LogP contribution is 2.25. The SMILES string of the molecule is CC(C)C[C@@H](C=O)NC(=O)OC(C)(C)C.CC(C)C[C@H](N)C(=O)O.CC(C)C[C@H](NC(=O)OC(C)(C)C)C(=O)O.CC(C)C[C@H](NC(=O)OC(C)(C)C)[C@@H]1CCC(=O)O1.CC(C)C[C@H](NC(=O)OC(C)(C)C)[C@H]1CCC(=O)O1.CCOC(=O)C#CC(O)[C@H](CC(C)C)NC(=O)OC(C)(C)C.CON(C)C(=O)[C@H](CC(C)C)NC(=O)OC(C)(C)C. The molecule has 0 aliphatic carbocycles. The van der Waals surface area contributed by atoms with Gasteiger partial charge < -0.3 is 100 Å². The highest BCUT2D eigenvalue weighted by atomic mass is 16.7. The van der Waals surface area contributed by atoms with E-state index in [9.17, 15) is 67.4 Å². The third-order valence-corrected chi connectivity index (χ3v) is 14.6. The predicted octanol–water partition coefficient (Wildman–Crippen LogP) is 13.6. The third-order valence-electron chi connectivity index (χ3n) is 14.6. The molecule has 2 aliphatic rings. The molecule has 11 N–H and O–H groups in total. The van der Waals surface area contributed by atoms with Crippen LogP contribution >= 0.6 is 0 Å². The lowest BCUT2D eigenvalue weighted by Gasteiger charge is -2.27. The van der Waals surface area contributed by atoms with Crippen LogP contribution in [0.5, 0.6) is 0 Å². The van der Waals surface area contributed by atoms with Crippen LogP contribution in [0.15, 0.2) is 0 Å². The van der Waals surface area contributed by atoms with Gasteiger partial charge in [-0.3, -0.25) is 24.0 Å². The predicted molar refractivity (Wildman–Crippen MR) is 453 cm³/mol. The Morgan fingerprint density at radius 2 is 0.765 bits per heavy atom. The number of aldehydes is 1. The quantitative estimate of drug-likeness (QED) is 0.00830. The molecule has 0 aromatic rings. The van der Waals surface area contributed by atoms with E-state index >= 15 is 0 Å². The van der Waals surface area contributed by atoms with Gasteiger partial charge in [-0.1, -0.05) is 103 Å². The Morgan fingerprint density at radius 3 is 1.03 bits per heavy atom. The molecule has 2 saturated heterocycles. The smallest absolute Gasteiger partial charge is 0.408 e. The van der Waals surface area contributed by atoms with Gasteiger partial charge in [0.1, 0.15) is 76.3 Å². The van der Waals surface area contributed by atoms with E-state index in [2.05, 4.69) is 76.2 Å². The maximum absolute atomic E-state index is 12.0. The molecule has 0 radical (unpaired) electrons. The molecule has 10 atom stereocenters. The van der Waals surface area contributed by atoms with Crippen molar-refractivity contribution < 1.29 is 125 Å². The molecule has 694 valence electrons. The minimum absolute atomic E-state index is 0.179. The lowest BCUT2D eigenvalue weighted by molar-refractivity contribution is -0.171. The fourth-order valence-corrected chi connectivity index (χ4v) is 10.2. The monoisotopic (exact) mass is 1710 g/mol. The van der Waals surface area contributed by atoms with Crippen LogP contribution in [0, 0.1) is 53.3 Å². The second kappa shape index (κ2) is 58.5. The highest BCUT2D eigenvalue weighted by molar-refractivity contribution is 5.88. The van der Waals surface area contributed by atoms with Crippen LogP contribution in [0.2, 0.25) is 0 Å². The first-order valence-electron chi connectivity index (χ1n) is 41.1. The van der Waals surface area contributed by atoms with Gasteiger partial charge in [-0.05, 0) is 231 Å². The number of rotatable bonds is 29. The minimum Gasteiger partial charge on any atom is -0.480 e. The van der Waals surface area contributed by atoms with Gasteiger partial charge in [0.15, 0.2) is 0 Å². The van der Waals surface area contributed by atoms with E-state index in [1.165, 1.54) is 14.2 Å². The van der Waals surface area contributed by atoms with Crippen molar-refractivity contribution in [2.24, 2.45) is 47.2 Å². The van der Waals surface area contributed by atoms with E-state index in [0.29, 0.717) is 81.5 Å². The molecule has 2 aliphatic heterocycles. The molecule has 0 aromatic carbocycles. The van der Waals surface area contributed by atoms with E-state index in [-0.39, 0.29) is 66.5 Å². The van der Waals surface area contributed by atoms with Crippen molar-refractivity contribution in [1.82, 2.24) is 37.0 Å². The van der Waals surface area contributed by atoms with Crippen molar-refractivity contribution in [3.8, 4) is 11.8 Å². The summed E-state index contributed by atoms with van der Waals surface area (Å²) in [7, 11) is 2.91. The summed E-state index contributed by atoms with van der Waals surface area (Å²) in [6.07, 6.45) is 1.98. The number of likely N-dealkylation sites (N-methyl/N-ethyl adjacent to an activating group) is 1. The summed E-state index contributed by atoms with van der Waals surface area (Å²) in [5, 5.41) is 44.1. The summed E-state index contributed by atoms with van der Waals surface area (Å²) in [6, 6.07) is -3.68. The van der Waals surface area contributed by atoms with Crippen molar-refractivity contribution in [2.75, 3.05) is 20.8 Å². The molecule has 2 heterocycles. The minimum atomic E-state index is -1.18. The number of hydroxylamine groups is 2. The van der Waals surface area contributed by atoms with Crippen molar-refractivity contribution in [2.45, 2.75) is 393 Å². The second-order valence-electron chi connectivity index (χ2n) is 37.8. The van der Waals surface area contributed by atoms with Gasteiger partial charge in [-0.25, -0.2) is 43.4 Å². The molecule has 0 bridgehead atoms. The summed E-state index contributed by atoms with van der Waals surface area (Å²) in [5.41, 5.74) is 1.78. The Morgan fingerprint density at radius 1 is 0.462 bits per heavy atom. The highest BCUT2D eigenvalue weighted by Gasteiger charge is 2.37. The van der Waals surface area contributed by atoms with E-state index in [1.54, 1.807) is 90.0 Å². The normalized spacial score (nSPS) is 15.9. The number of nitrogens with zero attached hydrogens (tertiary/aromatic N) is 1. The zero-order valence-electron chi connectivity index (χ0n) is 78.6. The zero-order valence-corrected chi connectivity index (χ0v) is 78.6. The van der Waals surface area contributed by atoms with Gasteiger partial charge in [-0.2, -0.15) is 0 Å². The van der Waals surface area contributed by atoms with Gasteiger partial charge >= 0.3 is 66.4 Å². The Balaban J connectivity index is -0.000000429. The topological polar surface area (TPSA) is 476 Å². The molecule has 0 aromatic heterocycles. The van der Waals surface area contributed by atoms with E-state index in [1.807, 2.05) is 111 Å². The maximum atomic E-state index is 12.0. The first kappa shape index (κ1) is 119. The maximum Gasteiger partial charge on any atom is 0.408 e. The number of alkyl carbamates (subject to hydrolysis) is 6. The number of hydrogen-bond donors (Lipinski definition) is 10. The van der Waals surface area contributed by atoms with Crippen LogP contribution in [-0.4, -0.2) is 214 Å². The van der Waals surface area contributed by atoms with Gasteiger partial charge in [0.2, 0.25) is 0 Å². The van der Waals surface area contributed by atoms with Crippen LogP contribution in [0.4, 0.5) is 28.8 Å². The van der Waals surface area contributed by atoms with Gasteiger partial charge in [-0.15, -0.1) is 0 Å². The van der Waals surface area contributed by atoms with E-state index in [0.717, 1.165) is 24.2 Å². The van der Waals surface area contributed by atoms with Crippen LogP contribution in [0.25, 0.3) is 0 Å². The molecule has 34 heteroatoms.